The van der Waals surface area contributed by atoms with Gasteiger partial charge in [0.1, 0.15) is 0 Å². The standard InChI is InChI=1S/C15H24N4S/c1-5-11(3)19-8-7-13(18-19)9-14(16-6-2)15-10-17-12(4)20-15/h7-8,10-11,14,16H,5-6,9H2,1-4H3. The fourth-order valence-corrected chi connectivity index (χ4v) is 3.05. The Morgan fingerprint density at radius 3 is 2.80 bits per heavy atom. The van der Waals surface area contributed by atoms with Gasteiger partial charge in [0.25, 0.3) is 0 Å². The lowest BCUT2D eigenvalue weighted by molar-refractivity contribution is 0.467. The van der Waals surface area contributed by atoms with E-state index in [9.17, 15) is 0 Å². The van der Waals surface area contributed by atoms with Crippen LogP contribution in [-0.4, -0.2) is 21.3 Å². The maximum absolute atomic E-state index is 4.70. The van der Waals surface area contributed by atoms with Crippen LogP contribution in [0.5, 0.6) is 0 Å². The van der Waals surface area contributed by atoms with Crippen LogP contribution in [0.4, 0.5) is 0 Å². The van der Waals surface area contributed by atoms with Gasteiger partial charge in [0.05, 0.1) is 10.7 Å². The van der Waals surface area contributed by atoms with E-state index in [1.807, 2.05) is 6.20 Å². The second-order valence-electron chi connectivity index (χ2n) is 5.14. The Morgan fingerprint density at radius 1 is 1.40 bits per heavy atom. The van der Waals surface area contributed by atoms with Crippen LogP contribution in [0.3, 0.4) is 0 Å². The molecule has 2 heterocycles. The molecule has 0 spiro atoms. The Balaban J connectivity index is 2.10. The summed E-state index contributed by atoms with van der Waals surface area (Å²) in [7, 11) is 0. The van der Waals surface area contributed by atoms with Crippen molar-refractivity contribution in [3.8, 4) is 0 Å². The van der Waals surface area contributed by atoms with E-state index in [1.54, 1.807) is 11.3 Å². The molecular formula is C15H24N4S. The van der Waals surface area contributed by atoms with Crippen LogP contribution >= 0.6 is 11.3 Å². The number of aromatic nitrogens is 3. The summed E-state index contributed by atoms with van der Waals surface area (Å²) in [6, 6.07) is 2.91. The number of rotatable bonds is 7. The Kier molecular flexibility index (Phi) is 5.31. The van der Waals surface area contributed by atoms with Gasteiger partial charge in [-0.15, -0.1) is 11.3 Å². The third-order valence-electron chi connectivity index (χ3n) is 3.55. The summed E-state index contributed by atoms with van der Waals surface area (Å²) in [4.78, 5) is 5.65. The molecule has 4 nitrogen and oxygen atoms in total. The first kappa shape index (κ1) is 15.2. The van der Waals surface area contributed by atoms with Crippen molar-refractivity contribution in [2.75, 3.05) is 6.54 Å². The lowest BCUT2D eigenvalue weighted by atomic mass is 10.1. The third kappa shape index (κ3) is 3.67. The minimum absolute atomic E-state index is 0.312. The zero-order valence-electron chi connectivity index (χ0n) is 12.8. The third-order valence-corrected chi connectivity index (χ3v) is 4.58. The molecule has 2 atom stereocenters. The topological polar surface area (TPSA) is 42.7 Å². The van der Waals surface area contributed by atoms with Crippen molar-refractivity contribution in [1.82, 2.24) is 20.1 Å². The molecule has 0 saturated heterocycles. The Labute approximate surface area is 125 Å². The molecule has 110 valence electrons. The van der Waals surface area contributed by atoms with Crippen LogP contribution in [0, 0.1) is 6.92 Å². The first-order valence-corrected chi connectivity index (χ1v) is 8.15. The van der Waals surface area contributed by atoms with Crippen molar-refractivity contribution in [3.63, 3.8) is 0 Å². The lowest BCUT2D eigenvalue weighted by Crippen LogP contribution is -2.22. The first-order chi connectivity index (χ1) is 9.63. The van der Waals surface area contributed by atoms with Crippen molar-refractivity contribution in [2.24, 2.45) is 0 Å². The van der Waals surface area contributed by atoms with Gasteiger partial charge in [0, 0.05) is 35.8 Å². The van der Waals surface area contributed by atoms with Crippen LogP contribution in [0.1, 0.15) is 54.9 Å². The number of nitrogens with one attached hydrogen (secondary N) is 1. The summed E-state index contributed by atoms with van der Waals surface area (Å²) < 4.78 is 2.07. The quantitative estimate of drug-likeness (QED) is 0.849. The van der Waals surface area contributed by atoms with Crippen LogP contribution < -0.4 is 5.32 Å². The maximum Gasteiger partial charge on any atom is 0.0897 e. The summed E-state index contributed by atoms with van der Waals surface area (Å²) >= 11 is 1.76. The van der Waals surface area contributed by atoms with E-state index in [1.165, 1.54) is 4.88 Å². The van der Waals surface area contributed by atoms with Crippen molar-refractivity contribution >= 4 is 11.3 Å². The zero-order chi connectivity index (χ0) is 14.5. The fourth-order valence-electron chi connectivity index (χ4n) is 2.19. The van der Waals surface area contributed by atoms with Crippen LogP contribution in [0.15, 0.2) is 18.5 Å². The highest BCUT2D eigenvalue weighted by atomic mass is 32.1. The van der Waals surface area contributed by atoms with Crippen LogP contribution in [0.25, 0.3) is 0 Å². The SMILES string of the molecule is CCNC(Cc1ccn(C(C)CC)n1)c1cnc(C)s1. The predicted molar refractivity (Wildman–Crippen MR) is 84.2 cm³/mol. The van der Waals surface area contributed by atoms with Crippen LogP contribution in [0.2, 0.25) is 0 Å². The van der Waals surface area contributed by atoms with Gasteiger partial charge in [-0.25, -0.2) is 4.98 Å². The summed E-state index contributed by atoms with van der Waals surface area (Å²) in [6.07, 6.45) is 6.09. The molecule has 2 unspecified atom stereocenters. The van der Waals surface area contributed by atoms with Gasteiger partial charge in [-0.2, -0.15) is 5.10 Å². The molecule has 0 radical (unpaired) electrons. The average Bonchev–Trinajstić information content (AvgIpc) is 3.06. The second kappa shape index (κ2) is 6.99. The van der Waals surface area contributed by atoms with E-state index in [4.69, 9.17) is 5.10 Å². The van der Waals surface area contributed by atoms with E-state index in [2.05, 4.69) is 54.9 Å². The molecule has 0 bridgehead atoms. The number of aryl methyl sites for hydroxylation is 1. The molecule has 0 aromatic carbocycles. The van der Waals surface area contributed by atoms with E-state index in [0.717, 1.165) is 30.1 Å². The smallest absolute Gasteiger partial charge is 0.0897 e. The molecule has 0 saturated carbocycles. The zero-order valence-corrected chi connectivity index (χ0v) is 13.6. The van der Waals surface area contributed by atoms with Crippen molar-refractivity contribution in [3.05, 3.63) is 34.0 Å². The average molecular weight is 292 g/mol. The van der Waals surface area contributed by atoms with E-state index >= 15 is 0 Å². The largest absolute Gasteiger partial charge is 0.309 e. The summed E-state index contributed by atoms with van der Waals surface area (Å²) in [5.41, 5.74) is 1.14. The highest BCUT2D eigenvalue weighted by Gasteiger charge is 2.16. The highest BCUT2D eigenvalue weighted by molar-refractivity contribution is 7.11. The highest BCUT2D eigenvalue weighted by Crippen LogP contribution is 2.23. The van der Waals surface area contributed by atoms with E-state index in [-0.39, 0.29) is 0 Å². The molecule has 0 aliphatic heterocycles. The van der Waals surface area contributed by atoms with E-state index in [0.29, 0.717) is 12.1 Å². The van der Waals surface area contributed by atoms with Crippen molar-refractivity contribution in [1.29, 1.82) is 0 Å². The molecule has 0 aliphatic carbocycles. The number of likely N-dealkylation sites (N-methyl/N-ethyl adjacent to an activating group) is 1. The monoisotopic (exact) mass is 292 g/mol. The molecule has 0 amide bonds. The number of hydrogen-bond acceptors (Lipinski definition) is 4. The van der Waals surface area contributed by atoms with Gasteiger partial charge in [-0.05, 0) is 32.9 Å². The minimum atomic E-state index is 0.312. The fraction of sp³-hybridized carbons (Fsp3) is 0.600. The molecular weight excluding hydrogens is 268 g/mol. The molecule has 1 N–H and O–H groups in total. The molecule has 5 heteroatoms. The minimum Gasteiger partial charge on any atom is -0.309 e. The molecule has 2 aromatic rings. The van der Waals surface area contributed by atoms with Gasteiger partial charge < -0.3 is 5.32 Å². The Hall–Kier alpha value is -1.20. The Bertz CT molecular complexity index is 531. The number of hydrogen-bond donors (Lipinski definition) is 1. The maximum atomic E-state index is 4.70. The number of nitrogens with zero attached hydrogens (tertiary/aromatic N) is 3. The Morgan fingerprint density at radius 2 is 2.20 bits per heavy atom. The molecule has 20 heavy (non-hydrogen) atoms. The summed E-state index contributed by atoms with van der Waals surface area (Å²) in [6.45, 7) is 9.53. The molecule has 2 rings (SSSR count). The van der Waals surface area contributed by atoms with E-state index < -0.39 is 0 Å². The first-order valence-electron chi connectivity index (χ1n) is 7.33. The van der Waals surface area contributed by atoms with Crippen molar-refractivity contribution in [2.45, 2.75) is 52.6 Å². The van der Waals surface area contributed by atoms with Gasteiger partial charge in [0.2, 0.25) is 0 Å². The molecule has 2 aromatic heterocycles. The van der Waals surface area contributed by atoms with Gasteiger partial charge in [-0.1, -0.05) is 13.8 Å². The number of thiazole rings is 1. The molecule has 0 fully saturated rings. The predicted octanol–water partition coefficient (Wildman–Crippen LogP) is 3.51. The normalized spacial score (nSPS) is 14.4. The van der Waals surface area contributed by atoms with Crippen LogP contribution in [-0.2, 0) is 6.42 Å². The second-order valence-corrected chi connectivity index (χ2v) is 6.41. The summed E-state index contributed by atoms with van der Waals surface area (Å²) in [5.74, 6) is 0. The van der Waals surface area contributed by atoms with Crippen molar-refractivity contribution < 1.29 is 0 Å². The molecule has 0 aliphatic rings. The lowest BCUT2D eigenvalue weighted by Gasteiger charge is -2.14. The summed E-state index contributed by atoms with van der Waals surface area (Å²) in [5, 5.41) is 9.35. The van der Waals surface area contributed by atoms with Gasteiger partial charge in [-0.3, -0.25) is 4.68 Å². The van der Waals surface area contributed by atoms with Gasteiger partial charge in [0.15, 0.2) is 0 Å². The van der Waals surface area contributed by atoms with Gasteiger partial charge >= 0.3 is 0 Å².